The number of thiophene rings is 1. The maximum absolute atomic E-state index is 12.4. The molecule has 1 aromatic carbocycles. The molecule has 27 heavy (non-hydrogen) atoms. The Morgan fingerprint density at radius 1 is 1.11 bits per heavy atom. The second-order valence-corrected chi connectivity index (χ2v) is 6.62. The van der Waals surface area contributed by atoms with E-state index in [-0.39, 0.29) is 18.5 Å². The van der Waals surface area contributed by atoms with Crippen LogP contribution in [0.15, 0.2) is 29.6 Å². The number of carbonyl (C=O) groups excluding carboxylic acids is 2. The van der Waals surface area contributed by atoms with Gasteiger partial charge in [0.15, 0.2) is 11.5 Å². The molecule has 2 amide bonds. The van der Waals surface area contributed by atoms with Gasteiger partial charge in [-0.15, -0.1) is 11.3 Å². The first-order chi connectivity index (χ1) is 13.0. The first-order valence-electron chi connectivity index (χ1n) is 8.45. The summed E-state index contributed by atoms with van der Waals surface area (Å²) in [5.74, 6) is 0.478. The molecule has 1 aromatic heterocycles. The quantitative estimate of drug-likeness (QED) is 0.685. The Labute approximate surface area is 162 Å². The third-order valence-corrected chi connectivity index (χ3v) is 4.95. The summed E-state index contributed by atoms with van der Waals surface area (Å²) in [5, 5.41) is 7.51. The fourth-order valence-electron chi connectivity index (χ4n) is 2.58. The molecule has 146 valence electrons. The van der Waals surface area contributed by atoms with Gasteiger partial charge >= 0.3 is 0 Å². The molecule has 1 atom stereocenters. The molecule has 1 unspecified atom stereocenters. The Morgan fingerprint density at radius 3 is 2.26 bits per heavy atom. The number of methoxy groups -OCH3 is 3. The largest absolute Gasteiger partial charge is 0.493 e. The van der Waals surface area contributed by atoms with E-state index in [1.165, 1.54) is 33.5 Å². The van der Waals surface area contributed by atoms with Gasteiger partial charge in [0.2, 0.25) is 11.7 Å². The lowest BCUT2D eigenvalue weighted by atomic mass is 10.1. The number of nitrogens with one attached hydrogen (secondary N) is 2. The molecule has 0 aliphatic carbocycles. The fourth-order valence-corrected chi connectivity index (χ4v) is 3.45. The van der Waals surface area contributed by atoms with Crippen molar-refractivity contribution in [3.63, 3.8) is 0 Å². The molecule has 0 bridgehead atoms. The van der Waals surface area contributed by atoms with Crippen molar-refractivity contribution in [2.45, 2.75) is 19.4 Å². The molecule has 0 spiro atoms. The van der Waals surface area contributed by atoms with E-state index in [4.69, 9.17) is 14.2 Å². The first kappa shape index (κ1) is 20.6. The minimum atomic E-state index is -0.409. The van der Waals surface area contributed by atoms with E-state index in [2.05, 4.69) is 10.6 Å². The summed E-state index contributed by atoms with van der Waals surface area (Å²) < 4.78 is 15.7. The van der Waals surface area contributed by atoms with Gasteiger partial charge in [0.25, 0.3) is 5.91 Å². The molecular weight excluding hydrogens is 368 g/mol. The predicted octanol–water partition coefficient (Wildman–Crippen LogP) is 2.77. The molecule has 8 heteroatoms. The Morgan fingerprint density at radius 2 is 1.78 bits per heavy atom. The summed E-state index contributed by atoms with van der Waals surface area (Å²) in [6.07, 6.45) is 0.771. The lowest BCUT2D eigenvalue weighted by Crippen LogP contribution is -2.38. The third kappa shape index (κ3) is 5.13. The number of hydrogen-bond donors (Lipinski definition) is 2. The van der Waals surface area contributed by atoms with Crippen LogP contribution in [0.3, 0.4) is 0 Å². The van der Waals surface area contributed by atoms with Gasteiger partial charge in [-0.25, -0.2) is 0 Å². The average Bonchev–Trinajstić information content (AvgIpc) is 3.23. The van der Waals surface area contributed by atoms with Gasteiger partial charge < -0.3 is 24.8 Å². The molecule has 2 aromatic rings. The van der Waals surface area contributed by atoms with Gasteiger partial charge in [-0.2, -0.15) is 0 Å². The highest BCUT2D eigenvalue weighted by atomic mass is 32.1. The lowest BCUT2D eigenvalue weighted by Gasteiger charge is -2.16. The van der Waals surface area contributed by atoms with E-state index in [0.29, 0.717) is 22.8 Å². The monoisotopic (exact) mass is 392 g/mol. The summed E-state index contributed by atoms with van der Waals surface area (Å²) in [7, 11) is 4.44. The Balaban J connectivity index is 2.01. The van der Waals surface area contributed by atoms with Crippen molar-refractivity contribution < 1.29 is 23.8 Å². The van der Waals surface area contributed by atoms with Crippen molar-refractivity contribution in [3.05, 3.63) is 40.1 Å². The molecule has 0 aliphatic heterocycles. The summed E-state index contributed by atoms with van der Waals surface area (Å²) in [5.41, 5.74) is 0.308. The van der Waals surface area contributed by atoms with Crippen LogP contribution in [0.2, 0.25) is 0 Å². The van der Waals surface area contributed by atoms with Crippen LogP contribution in [0.1, 0.15) is 34.6 Å². The standard InChI is InChI=1S/C19H24N2O5S/c1-5-13(16-7-6-8-27-16)21-17(22)11-20-19(23)12-9-14(24-2)18(26-4)15(10-12)25-3/h6-10,13H,5,11H2,1-4H3,(H,20,23)(H,21,22). The number of benzene rings is 1. The van der Waals surface area contributed by atoms with Crippen molar-refractivity contribution in [1.82, 2.24) is 10.6 Å². The van der Waals surface area contributed by atoms with Crippen LogP contribution in [0.25, 0.3) is 0 Å². The normalized spacial score (nSPS) is 11.4. The Hall–Kier alpha value is -2.74. The molecule has 0 saturated heterocycles. The zero-order valence-electron chi connectivity index (χ0n) is 15.8. The number of rotatable bonds is 9. The SMILES string of the molecule is CCC(NC(=O)CNC(=O)c1cc(OC)c(OC)c(OC)c1)c1cccs1. The molecule has 0 radical (unpaired) electrons. The molecule has 1 heterocycles. The van der Waals surface area contributed by atoms with Crippen molar-refractivity contribution in [2.75, 3.05) is 27.9 Å². The van der Waals surface area contributed by atoms with E-state index < -0.39 is 5.91 Å². The van der Waals surface area contributed by atoms with Crippen LogP contribution < -0.4 is 24.8 Å². The van der Waals surface area contributed by atoms with E-state index in [9.17, 15) is 9.59 Å². The number of hydrogen-bond acceptors (Lipinski definition) is 6. The number of carbonyl (C=O) groups is 2. The van der Waals surface area contributed by atoms with Gasteiger partial charge in [0, 0.05) is 10.4 Å². The smallest absolute Gasteiger partial charge is 0.251 e. The van der Waals surface area contributed by atoms with E-state index in [0.717, 1.165) is 11.3 Å². The van der Waals surface area contributed by atoms with Gasteiger partial charge in [0.1, 0.15) is 0 Å². The van der Waals surface area contributed by atoms with Gasteiger partial charge in [-0.05, 0) is 30.0 Å². The lowest BCUT2D eigenvalue weighted by molar-refractivity contribution is -0.120. The number of amides is 2. The van der Waals surface area contributed by atoms with Crippen LogP contribution in [-0.2, 0) is 4.79 Å². The van der Waals surface area contributed by atoms with Gasteiger partial charge in [-0.1, -0.05) is 13.0 Å². The maximum atomic E-state index is 12.4. The summed E-state index contributed by atoms with van der Waals surface area (Å²) >= 11 is 1.59. The maximum Gasteiger partial charge on any atom is 0.251 e. The minimum Gasteiger partial charge on any atom is -0.493 e. The third-order valence-electron chi connectivity index (χ3n) is 3.97. The van der Waals surface area contributed by atoms with Crippen LogP contribution in [0.4, 0.5) is 0 Å². The second-order valence-electron chi connectivity index (χ2n) is 5.64. The summed E-state index contributed by atoms with van der Waals surface area (Å²) in [6.45, 7) is 1.87. The molecule has 2 N–H and O–H groups in total. The minimum absolute atomic E-state index is 0.0597. The molecule has 2 rings (SSSR count). The molecule has 7 nitrogen and oxygen atoms in total. The zero-order valence-corrected chi connectivity index (χ0v) is 16.6. The Bertz CT molecular complexity index is 751. The van der Waals surface area contributed by atoms with Crippen LogP contribution >= 0.6 is 11.3 Å². The zero-order chi connectivity index (χ0) is 19.8. The fraction of sp³-hybridized carbons (Fsp3) is 0.368. The van der Waals surface area contributed by atoms with Crippen LogP contribution in [-0.4, -0.2) is 39.7 Å². The predicted molar refractivity (Wildman–Crippen MR) is 104 cm³/mol. The van der Waals surface area contributed by atoms with E-state index in [1.54, 1.807) is 11.3 Å². The molecule has 0 aliphatic rings. The van der Waals surface area contributed by atoms with Gasteiger partial charge in [0.05, 0.1) is 33.9 Å². The topological polar surface area (TPSA) is 85.9 Å². The first-order valence-corrected chi connectivity index (χ1v) is 9.32. The highest BCUT2D eigenvalue weighted by Gasteiger charge is 2.18. The highest BCUT2D eigenvalue weighted by molar-refractivity contribution is 7.10. The molecule has 0 saturated carbocycles. The molecular formula is C19H24N2O5S. The number of ether oxygens (including phenoxy) is 3. The highest BCUT2D eigenvalue weighted by Crippen LogP contribution is 2.38. The Kier molecular flexibility index (Phi) is 7.48. The van der Waals surface area contributed by atoms with Crippen molar-refractivity contribution in [2.24, 2.45) is 0 Å². The molecule has 0 fully saturated rings. The van der Waals surface area contributed by atoms with Gasteiger partial charge in [-0.3, -0.25) is 9.59 Å². The van der Waals surface area contributed by atoms with E-state index >= 15 is 0 Å². The summed E-state index contributed by atoms with van der Waals surface area (Å²) in [6, 6.07) is 6.94. The second kappa shape index (κ2) is 9.82. The van der Waals surface area contributed by atoms with Crippen molar-refractivity contribution in [3.8, 4) is 17.2 Å². The van der Waals surface area contributed by atoms with Crippen molar-refractivity contribution in [1.29, 1.82) is 0 Å². The van der Waals surface area contributed by atoms with Crippen LogP contribution in [0, 0.1) is 0 Å². The van der Waals surface area contributed by atoms with Crippen molar-refractivity contribution >= 4 is 23.2 Å². The van der Waals surface area contributed by atoms with E-state index in [1.807, 2.05) is 24.4 Å². The average molecular weight is 392 g/mol. The van der Waals surface area contributed by atoms with Crippen LogP contribution in [0.5, 0.6) is 17.2 Å². The summed E-state index contributed by atoms with van der Waals surface area (Å²) in [4.78, 5) is 25.7.